The summed E-state index contributed by atoms with van der Waals surface area (Å²) < 4.78 is 10.1. The van der Waals surface area contributed by atoms with Crippen LogP contribution in [-0.4, -0.2) is 53.6 Å². The van der Waals surface area contributed by atoms with Crippen LogP contribution in [0.4, 0.5) is 5.82 Å². The molecular formula is C28H26N8O3. The first-order valence-electron chi connectivity index (χ1n) is 12.6. The molecule has 6 rings (SSSR count). The van der Waals surface area contributed by atoms with Crippen LogP contribution in [-0.2, 0) is 24.9 Å². The molecule has 2 aromatic carbocycles. The summed E-state index contributed by atoms with van der Waals surface area (Å²) in [5, 5.41) is 10.1. The molecular weight excluding hydrogens is 496 g/mol. The number of ether oxygens (including phenoxy) is 1. The molecule has 0 amide bonds. The Balaban J connectivity index is 1.50. The van der Waals surface area contributed by atoms with Gasteiger partial charge in [0.15, 0.2) is 11.5 Å². The number of hydrogen-bond donors (Lipinski definition) is 0. The highest BCUT2D eigenvalue weighted by Crippen LogP contribution is 2.25. The third kappa shape index (κ3) is 4.37. The van der Waals surface area contributed by atoms with E-state index in [1.54, 1.807) is 45.0 Å². The number of carbonyl (C=O) groups is 1. The summed E-state index contributed by atoms with van der Waals surface area (Å²) in [4.78, 5) is 37.9. The number of fused-ring (bicyclic) bond motifs is 4. The van der Waals surface area contributed by atoms with E-state index in [1.165, 1.54) is 0 Å². The molecule has 4 aromatic heterocycles. The summed E-state index contributed by atoms with van der Waals surface area (Å²) in [7, 11) is 3.85. The molecule has 0 aliphatic carbocycles. The molecule has 4 heterocycles. The number of hydrogen-bond acceptors (Lipinski definition) is 8. The monoisotopic (exact) mass is 522 g/mol. The van der Waals surface area contributed by atoms with Crippen molar-refractivity contribution in [1.82, 2.24) is 33.9 Å². The van der Waals surface area contributed by atoms with Gasteiger partial charge < -0.3 is 9.64 Å². The lowest BCUT2D eigenvalue weighted by atomic mass is 10.2. The Morgan fingerprint density at radius 1 is 1.05 bits per heavy atom. The van der Waals surface area contributed by atoms with Gasteiger partial charge in [-0.25, -0.2) is 19.3 Å². The highest BCUT2D eigenvalue weighted by atomic mass is 16.5. The molecule has 0 radical (unpaired) electrons. The second-order valence-electron chi connectivity index (χ2n) is 9.29. The second-order valence-corrected chi connectivity index (χ2v) is 9.29. The van der Waals surface area contributed by atoms with Crippen molar-refractivity contribution < 1.29 is 9.53 Å². The van der Waals surface area contributed by atoms with Crippen LogP contribution in [0.3, 0.4) is 0 Å². The number of carbonyl (C=O) groups excluding carboxylic acids is 1. The average Bonchev–Trinajstić information content (AvgIpc) is 3.57. The van der Waals surface area contributed by atoms with E-state index in [0.717, 1.165) is 22.3 Å². The topological polar surface area (TPSA) is 112 Å². The molecule has 39 heavy (non-hydrogen) atoms. The summed E-state index contributed by atoms with van der Waals surface area (Å²) >= 11 is 0. The van der Waals surface area contributed by atoms with Crippen molar-refractivity contribution in [2.45, 2.75) is 20.0 Å². The van der Waals surface area contributed by atoms with Gasteiger partial charge in [0.2, 0.25) is 0 Å². The Bertz CT molecular complexity index is 1920. The Labute approximate surface area is 222 Å². The minimum absolute atomic E-state index is 0.0830. The van der Waals surface area contributed by atoms with E-state index in [0.29, 0.717) is 28.9 Å². The van der Waals surface area contributed by atoms with E-state index in [4.69, 9.17) is 14.7 Å². The van der Waals surface area contributed by atoms with Crippen molar-refractivity contribution in [3.05, 3.63) is 94.4 Å². The molecule has 0 bridgehead atoms. The zero-order chi connectivity index (χ0) is 27.1. The summed E-state index contributed by atoms with van der Waals surface area (Å²) in [5.74, 6) is 0.649. The number of anilines is 1. The third-order valence-corrected chi connectivity index (χ3v) is 6.53. The lowest BCUT2D eigenvalue weighted by molar-refractivity contribution is 0.0519. The fourth-order valence-corrected chi connectivity index (χ4v) is 4.80. The standard InChI is InChI=1S/C28H26N8O3/c1-4-39-28(38)22-13-25-35(27(37)20-10-6-8-12-23(20)36(25)32-22)17-24-30-21-11-7-5-9-19(21)26(31-24)33(2)15-18-14-29-34(3)16-18/h5-14,16H,4,15,17H2,1-3H3. The van der Waals surface area contributed by atoms with Crippen molar-refractivity contribution in [2.75, 3.05) is 18.6 Å². The molecule has 0 spiro atoms. The van der Waals surface area contributed by atoms with Gasteiger partial charge in [0.25, 0.3) is 5.56 Å². The van der Waals surface area contributed by atoms with Gasteiger partial charge >= 0.3 is 5.97 Å². The quantitative estimate of drug-likeness (QED) is 0.294. The van der Waals surface area contributed by atoms with E-state index < -0.39 is 5.97 Å². The number of rotatable bonds is 7. The number of esters is 1. The van der Waals surface area contributed by atoms with Crippen LogP contribution in [0.5, 0.6) is 0 Å². The Morgan fingerprint density at radius 3 is 2.59 bits per heavy atom. The molecule has 11 nitrogen and oxygen atoms in total. The van der Waals surface area contributed by atoms with Gasteiger partial charge in [0, 0.05) is 43.9 Å². The highest BCUT2D eigenvalue weighted by molar-refractivity contribution is 5.90. The van der Waals surface area contributed by atoms with Crippen LogP contribution < -0.4 is 10.5 Å². The smallest absolute Gasteiger partial charge is 0.358 e. The van der Waals surface area contributed by atoms with Crippen molar-refractivity contribution in [2.24, 2.45) is 7.05 Å². The van der Waals surface area contributed by atoms with Gasteiger partial charge in [-0.15, -0.1) is 0 Å². The summed E-state index contributed by atoms with van der Waals surface area (Å²) in [6, 6.07) is 16.5. The number of nitrogens with zero attached hydrogens (tertiary/aromatic N) is 8. The normalized spacial score (nSPS) is 11.5. The molecule has 196 valence electrons. The fourth-order valence-electron chi connectivity index (χ4n) is 4.80. The van der Waals surface area contributed by atoms with Crippen molar-refractivity contribution in [3.63, 3.8) is 0 Å². The first-order chi connectivity index (χ1) is 18.9. The number of benzene rings is 2. The predicted molar refractivity (Wildman–Crippen MR) is 147 cm³/mol. The summed E-state index contributed by atoms with van der Waals surface area (Å²) in [6.07, 6.45) is 3.79. The lowest BCUT2D eigenvalue weighted by Crippen LogP contribution is -2.25. The summed E-state index contributed by atoms with van der Waals surface area (Å²) in [6.45, 7) is 2.64. The first-order valence-corrected chi connectivity index (χ1v) is 12.6. The average molecular weight is 523 g/mol. The van der Waals surface area contributed by atoms with Crippen LogP contribution in [0.2, 0.25) is 0 Å². The molecule has 6 aromatic rings. The Hall–Kier alpha value is -5.06. The second kappa shape index (κ2) is 9.67. The SMILES string of the molecule is CCOC(=O)c1cc2n(Cc3nc(N(C)Cc4cnn(C)c4)c4ccccc4n3)c(=O)c3ccccc3n2n1. The molecule has 0 N–H and O–H groups in total. The van der Waals surface area contributed by atoms with Crippen molar-refractivity contribution >= 4 is 39.2 Å². The first kappa shape index (κ1) is 24.3. The van der Waals surface area contributed by atoms with Gasteiger partial charge in [-0.1, -0.05) is 24.3 Å². The van der Waals surface area contributed by atoms with Crippen LogP contribution in [0.1, 0.15) is 28.8 Å². The van der Waals surface area contributed by atoms with Crippen molar-refractivity contribution in [3.8, 4) is 0 Å². The maximum absolute atomic E-state index is 13.7. The zero-order valence-corrected chi connectivity index (χ0v) is 21.8. The molecule has 0 atom stereocenters. The molecule has 11 heteroatoms. The van der Waals surface area contributed by atoms with Crippen LogP contribution in [0.15, 0.2) is 71.8 Å². The van der Waals surface area contributed by atoms with Crippen LogP contribution in [0.25, 0.3) is 27.5 Å². The van der Waals surface area contributed by atoms with E-state index in [9.17, 15) is 9.59 Å². The molecule has 0 saturated heterocycles. The Morgan fingerprint density at radius 2 is 1.82 bits per heavy atom. The highest BCUT2D eigenvalue weighted by Gasteiger charge is 2.20. The van der Waals surface area contributed by atoms with Crippen LogP contribution >= 0.6 is 0 Å². The fraction of sp³-hybridized carbons (Fsp3) is 0.214. The maximum Gasteiger partial charge on any atom is 0.358 e. The van der Waals surface area contributed by atoms with E-state index >= 15 is 0 Å². The van der Waals surface area contributed by atoms with Crippen LogP contribution in [0, 0.1) is 0 Å². The van der Waals surface area contributed by atoms with Gasteiger partial charge in [0.1, 0.15) is 11.5 Å². The zero-order valence-electron chi connectivity index (χ0n) is 21.8. The van der Waals surface area contributed by atoms with Gasteiger partial charge in [-0.3, -0.25) is 14.0 Å². The number of aromatic nitrogens is 7. The number of para-hydroxylation sites is 2. The minimum Gasteiger partial charge on any atom is -0.461 e. The largest absolute Gasteiger partial charge is 0.461 e. The lowest BCUT2D eigenvalue weighted by Gasteiger charge is -2.20. The molecule has 0 aliphatic heterocycles. The molecule has 0 unspecified atom stereocenters. The van der Waals surface area contributed by atoms with E-state index in [2.05, 4.69) is 10.2 Å². The molecule has 0 aliphatic rings. The predicted octanol–water partition coefficient (Wildman–Crippen LogP) is 3.19. The number of aryl methyl sites for hydroxylation is 1. The maximum atomic E-state index is 13.7. The van der Waals surface area contributed by atoms with E-state index in [1.807, 2.05) is 61.7 Å². The van der Waals surface area contributed by atoms with Gasteiger partial charge in [-0.2, -0.15) is 10.2 Å². The minimum atomic E-state index is -0.550. The Kier molecular flexibility index (Phi) is 6.02. The van der Waals surface area contributed by atoms with E-state index in [-0.39, 0.29) is 24.4 Å². The van der Waals surface area contributed by atoms with Gasteiger partial charge in [0.05, 0.1) is 35.8 Å². The summed E-state index contributed by atoms with van der Waals surface area (Å²) in [5.41, 5.74) is 2.75. The molecule has 0 saturated carbocycles. The molecule has 0 fully saturated rings. The third-order valence-electron chi connectivity index (χ3n) is 6.53. The van der Waals surface area contributed by atoms with Gasteiger partial charge in [-0.05, 0) is 31.2 Å². The van der Waals surface area contributed by atoms with Crippen molar-refractivity contribution in [1.29, 1.82) is 0 Å².